The molecule has 0 bridgehead atoms. The zero-order valence-corrected chi connectivity index (χ0v) is 7.77. The predicted octanol–water partition coefficient (Wildman–Crippen LogP) is 1.09. The van der Waals surface area contributed by atoms with Gasteiger partial charge in [0, 0.05) is 6.42 Å². The monoisotopic (exact) mass is 227 g/mol. The molecular weight excluding hydrogens is 219 g/mol. The highest BCUT2D eigenvalue weighted by Gasteiger charge is 2.56. The smallest absolute Gasteiger partial charge is 0.309 e. The molecule has 1 unspecified atom stereocenters. The molecule has 0 spiro atoms. The lowest BCUT2D eigenvalue weighted by Crippen LogP contribution is -2.52. The first-order chi connectivity index (χ1) is 6.21. The molecule has 3 nitrogen and oxygen atoms in total. The Labute approximate surface area is 79.0 Å². The molecule has 7 heteroatoms. The van der Waals surface area contributed by atoms with Gasteiger partial charge in [-0.2, -0.15) is 13.2 Å². The molecule has 0 saturated heterocycles. The average molecular weight is 227 g/mol. The molecule has 1 aliphatic rings. The van der Waals surface area contributed by atoms with E-state index in [0.717, 1.165) is 6.08 Å². The molecule has 0 heterocycles. The molecule has 1 aliphatic carbocycles. The summed E-state index contributed by atoms with van der Waals surface area (Å²) in [5.74, 6) is 0. The number of rotatable bonds is 1. The lowest BCUT2D eigenvalue weighted by Gasteiger charge is -2.26. The minimum Gasteiger partial charge on any atom is -0.309 e. The first-order valence-electron chi connectivity index (χ1n) is 3.65. The van der Waals surface area contributed by atoms with Gasteiger partial charge in [0.1, 0.15) is 0 Å². The average Bonchev–Trinajstić information content (AvgIpc) is 2.03. The molecule has 0 saturated carbocycles. The van der Waals surface area contributed by atoms with Crippen LogP contribution in [0.4, 0.5) is 13.2 Å². The molecule has 0 aromatic rings. The minimum atomic E-state index is -5.36. The van der Waals surface area contributed by atoms with Crippen LogP contribution in [-0.4, -0.2) is 18.8 Å². The van der Waals surface area contributed by atoms with Crippen molar-refractivity contribution >= 4 is 9.84 Å². The molecule has 80 valence electrons. The zero-order chi connectivity index (χ0) is 11.0. The SMILES string of the molecule is NC1(S(=O)(=O)C(F)(F)F)C=CC=CC1. The van der Waals surface area contributed by atoms with E-state index in [1.165, 1.54) is 18.2 Å². The van der Waals surface area contributed by atoms with Crippen molar-refractivity contribution in [3.63, 3.8) is 0 Å². The number of hydrogen-bond donors (Lipinski definition) is 1. The highest BCUT2D eigenvalue weighted by atomic mass is 32.2. The Morgan fingerprint density at radius 1 is 1.29 bits per heavy atom. The van der Waals surface area contributed by atoms with Crippen LogP contribution in [0.25, 0.3) is 0 Å². The molecule has 1 rings (SSSR count). The van der Waals surface area contributed by atoms with E-state index in [1.807, 2.05) is 0 Å². The summed E-state index contributed by atoms with van der Waals surface area (Å²) in [7, 11) is -5.36. The molecule has 2 N–H and O–H groups in total. The second-order valence-electron chi connectivity index (χ2n) is 2.90. The van der Waals surface area contributed by atoms with Gasteiger partial charge >= 0.3 is 5.51 Å². The van der Waals surface area contributed by atoms with Crippen molar-refractivity contribution < 1.29 is 21.6 Å². The molecule has 0 aromatic carbocycles. The van der Waals surface area contributed by atoms with Gasteiger partial charge in [0.05, 0.1) is 0 Å². The summed E-state index contributed by atoms with van der Waals surface area (Å²) in [6, 6.07) is 0. The van der Waals surface area contributed by atoms with E-state index in [1.54, 1.807) is 0 Å². The number of alkyl halides is 3. The van der Waals surface area contributed by atoms with Crippen LogP contribution >= 0.6 is 0 Å². The summed E-state index contributed by atoms with van der Waals surface area (Å²) in [6.45, 7) is 0. The number of sulfone groups is 1. The number of hydrogen-bond acceptors (Lipinski definition) is 3. The maximum atomic E-state index is 12.1. The van der Waals surface area contributed by atoms with E-state index in [9.17, 15) is 21.6 Å². The topological polar surface area (TPSA) is 60.2 Å². The van der Waals surface area contributed by atoms with Gasteiger partial charge in [0.25, 0.3) is 9.84 Å². The number of allylic oxidation sites excluding steroid dienone is 2. The quantitative estimate of drug-likeness (QED) is 0.729. The van der Waals surface area contributed by atoms with E-state index in [0.29, 0.717) is 0 Å². The molecule has 1 atom stereocenters. The standard InChI is InChI=1S/C7H8F3NO2S/c8-7(9,10)14(12,13)6(11)4-2-1-3-5-6/h1-4H,5,11H2. The van der Waals surface area contributed by atoms with E-state index in [2.05, 4.69) is 0 Å². The van der Waals surface area contributed by atoms with Crippen LogP contribution in [0.5, 0.6) is 0 Å². The fraction of sp³-hybridized carbons (Fsp3) is 0.429. The molecule has 0 aliphatic heterocycles. The maximum absolute atomic E-state index is 12.1. The molecule has 0 amide bonds. The van der Waals surface area contributed by atoms with Gasteiger partial charge in [-0.1, -0.05) is 18.2 Å². The molecule has 0 aromatic heterocycles. The van der Waals surface area contributed by atoms with Gasteiger partial charge in [-0.25, -0.2) is 8.42 Å². The summed E-state index contributed by atoms with van der Waals surface area (Å²) in [5, 5.41) is 0. The fourth-order valence-corrected chi connectivity index (χ4v) is 2.04. The Hall–Kier alpha value is -0.820. The summed E-state index contributed by atoms with van der Waals surface area (Å²) in [5.41, 5.74) is -0.145. The van der Waals surface area contributed by atoms with Crippen molar-refractivity contribution in [3.8, 4) is 0 Å². The third-order valence-electron chi connectivity index (χ3n) is 1.87. The van der Waals surface area contributed by atoms with Crippen molar-refractivity contribution in [1.29, 1.82) is 0 Å². The molecular formula is C7H8F3NO2S. The maximum Gasteiger partial charge on any atom is 0.499 e. The van der Waals surface area contributed by atoms with Crippen LogP contribution < -0.4 is 5.73 Å². The van der Waals surface area contributed by atoms with E-state index in [-0.39, 0.29) is 6.42 Å². The Balaban J connectivity index is 3.18. The molecule has 0 fully saturated rings. The largest absolute Gasteiger partial charge is 0.499 e. The molecule has 14 heavy (non-hydrogen) atoms. The van der Waals surface area contributed by atoms with Crippen LogP contribution in [0.15, 0.2) is 24.3 Å². The second-order valence-corrected chi connectivity index (χ2v) is 5.13. The van der Waals surface area contributed by atoms with Crippen LogP contribution in [0, 0.1) is 0 Å². The van der Waals surface area contributed by atoms with Gasteiger partial charge < -0.3 is 5.73 Å². The van der Waals surface area contributed by atoms with Crippen LogP contribution in [-0.2, 0) is 9.84 Å². The van der Waals surface area contributed by atoms with E-state index >= 15 is 0 Å². The normalized spacial score (nSPS) is 28.0. The van der Waals surface area contributed by atoms with Crippen molar-refractivity contribution in [2.24, 2.45) is 5.73 Å². The number of nitrogens with two attached hydrogens (primary N) is 1. The summed E-state index contributed by atoms with van der Waals surface area (Å²) < 4.78 is 58.4. The first kappa shape index (κ1) is 11.3. The lowest BCUT2D eigenvalue weighted by atomic mass is 10.1. The van der Waals surface area contributed by atoms with Gasteiger partial charge in [-0.15, -0.1) is 0 Å². The summed E-state index contributed by atoms with van der Waals surface area (Å²) in [4.78, 5) is -2.36. The third kappa shape index (κ3) is 1.57. The fourth-order valence-electron chi connectivity index (χ4n) is 1.03. The van der Waals surface area contributed by atoms with Crippen molar-refractivity contribution in [2.75, 3.05) is 0 Å². The van der Waals surface area contributed by atoms with Gasteiger partial charge in [-0.3, -0.25) is 0 Å². The second kappa shape index (κ2) is 3.09. The Bertz CT molecular complexity index is 382. The molecule has 0 radical (unpaired) electrons. The summed E-state index contributed by atoms with van der Waals surface area (Å²) >= 11 is 0. The lowest BCUT2D eigenvalue weighted by molar-refractivity contribution is -0.0453. The predicted molar refractivity (Wildman–Crippen MR) is 44.8 cm³/mol. The van der Waals surface area contributed by atoms with E-state index < -0.39 is 20.2 Å². The van der Waals surface area contributed by atoms with Crippen molar-refractivity contribution in [1.82, 2.24) is 0 Å². The van der Waals surface area contributed by atoms with Gasteiger partial charge in [0.2, 0.25) is 0 Å². The minimum absolute atomic E-state index is 0.370. The third-order valence-corrected chi connectivity index (χ3v) is 3.78. The Kier molecular flexibility index (Phi) is 2.49. The highest BCUT2D eigenvalue weighted by molar-refractivity contribution is 7.93. The van der Waals surface area contributed by atoms with Crippen molar-refractivity contribution in [2.45, 2.75) is 16.8 Å². The van der Waals surface area contributed by atoms with Crippen molar-refractivity contribution in [3.05, 3.63) is 24.3 Å². The number of halogens is 3. The van der Waals surface area contributed by atoms with Crippen LogP contribution in [0.1, 0.15) is 6.42 Å². The highest BCUT2D eigenvalue weighted by Crippen LogP contribution is 2.34. The van der Waals surface area contributed by atoms with Gasteiger partial charge in [0.15, 0.2) is 4.87 Å². The van der Waals surface area contributed by atoms with Crippen LogP contribution in [0.3, 0.4) is 0 Å². The van der Waals surface area contributed by atoms with Gasteiger partial charge in [-0.05, 0) is 6.08 Å². The zero-order valence-electron chi connectivity index (χ0n) is 6.95. The Morgan fingerprint density at radius 3 is 2.21 bits per heavy atom. The first-order valence-corrected chi connectivity index (χ1v) is 5.13. The van der Waals surface area contributed by atoms with Crippen LogP contribution in [0.2, 0.25) is 0 Å². The summed E-state index contributed by atoms with van der Waals surface area (Å²) in [6.07, 6.45) is 4.38. The Morgan fingerprint density at radius 2 is 1.86 bits per heavy atom. The van der Waals surface area contributed by atoms with E-state index in [4.69, 9.17) is 5.73 Å².